The summed E-state index contributed by atoms with van der Waals surface area (Å²) in [5, 5.41) is 0.418. The first-order valence-electron chi connectivity index (χ1n) is 8.63. The molecule has 0 atom stereocenters. The van der Waals surface area contributed by atoms with Crippen LogP contribution in [0.1, 0.15) is 11.3 Å². The van der Waals surface area contributed by atoms with Crippen LogP contribution in [0.15, 0.2) is 61.2 Å². The summed E-state index contributed by atoms with van der Waals surface area (Å²) in [6.07, 6.45) is 2.39. The summed E-state index contributed by atoms with van der Waals surface area (Å²) in [7, 11) is 1.90. The van der Waals surface area contributed by atoms with Crippen LogP contribution < -0.4 is 4.90 Å². The standard InChI is InChI=1S/C20H15ClF3N5/c1-28(16-6-7-18(21)26-8-16)11-15-12-29-17(9-27-19(29)10-25-15)13-2-4-14(5-3-13)20(22,23)24/h2-10,12H,11H2,1H3. The zero-order valence-corrected chi connectivity index (χ0v) is 16.0. The lowest BCUT2D eigenvalue weighted by Crippen LogP contribution is -2.17. The topological polar surface area (TPSA) is 46.3 Å². The van der Waals surface area contributed by atoms with Crippen molar-refractivity contribution in [3.8, 4) is 11.3 Å². The maximum Gasteiger partial charge on any atom is 0.416 e. The molecule has 4 aromatic rings. The van der Waals surface area contributed by atoms with Gasteiger partial charge < -0.3 is 4.90 Å². The zero-order chi connectivity index (χ0) is 20.6. The Bertz CT molecular complexity index is 1140. The third-order valence-corrected chi connectivity index (χ3v) is 4.73. The van der Waals surface area contributed by atoms with E-state index in [-0.39, 0.29) is 0 Å². The number of rotatable bonds is 4. The molecular formula is C20H15ClF3N5. The summed E-state index contributed by atoms with van der Waals surface area (Å²) in [5.41, 5.74) is 2.90. The van der Waals surface area contributed by atoms with Crippen LogP contribution in [0.25, 0.3) is 16.9 Å². The van der Waals surface area contributed by atoms with Crippen molar-refractivity contribution in [2.24, 2.45) is 0 Å². The van der Waals surface area contributed by atoms with Gasteiger partial charge in [0.15, 0.2) is 5.65 Å². The van der Waals surface area contributed by atoms with E-state index in [0.29, 0.717) is 28.6 Å². The Balaban J connectivity index is 1.63. The molecule has 0 N–H and O–H groups in total. The molecule has 0 amide bonds. The van der Waals surface area contributed by atoms with Crippen LogP contribution in [0.5, 0.6) is 0 Å². The van der Waals surface area contributed by atoms with E-state index in [0.717, 1.165) is 23.5 Å². The molecule has 0 fully saturated rings. The average molecular weight is 418 g/mol. The molecule has 0 unspecified atom stereocenters. The highest BCUT2D eigenvalue weighted by atomic mass is 35.5. The first-order chi connectivity index (χ1) is 13.8. The summed E-state index contributed by atoms with van der Waals surface area (Å²) in [4.78, 5) is 14.8. The molecular weight excluding hydrogens is 403 g/mol. The Morgan fingerprint density at radius 3 is 2.38 bits per heavy atom. The predicted octanol–water partition coefficient (Wildman–Crippen LogP) is 5.10. The number of anilines is 1. The number of aromatic nitrogens is 4. The Hall–Kier alpha value is -3.13. The van der Waals surface area contributed by atoms with E-state index in [4.69, 9.17) is 11.6 Å². The van der Waals surface area contributed by atoms with Crippen molar-refractivity contribution in [1.29, 1.82) is 0 Å². The van der Waals surface area contributed by atoms with Crippen molar-refractivity contribution in [2.45, 2.75) is 12.7 Å². The fourth-order valence-corrected chi connectivity index (χ4v) is 3.09. The second-order valence-corrected chi connectivity index (χ2v) is 6.91. The molecule has 0 radical (unpaired) electrons. The van der Waals surface area contributed by atoms with Gasteiger partial charge in [0.25, 0.3) is 0 Å². The van der Waals surface area contributed by atoms with Crippen molar-refractivity contribution < 1.29 is 13.2 Å². The second kappa shape index (κ2) is 7.36. The molecule has 0 aliphatic heterocycles. The highest BCUT2D eigenvalue weighted by molar-refractivity contribution is 6.29. The van der Waals surface area contributed by atoms with E-state index in [1.807, 2.05) is 28.6 Å². The molecule has 3 aromatic heterocycles. The average Bonchev–Trinajstić information content (AvgIpc) is 3.11. The number of alkyl halides is 3. The summed E-state index contributed by atoms with van der Waals surface area (Å²) in [6.45, 7) is 0.504. The molecule has 5 nitrogen and oxygen atoms in total. The van der Waals surface area contributed by atoms with Gasteiger partial charge >= 0.3 is 6.18 Å². The minimum absolute atomic E-state index is 0.418. The van der Waals surface area contributed by atoms with Crippen molar-refractivity contribution >= 4 is 22.9 Å². The van der Waals surface area contributed by atoms with Crippen molar-refractivity contribution in [3.05, 3.63) is 77.6 Å². The van der Waals surface area contributed by atoms with E-state index in [9.17, 15) is 13.2 Å². The number of hydrogen-bond donors (Lipinski definition) is 0. The van der Waals surface area contributed by atoms with E-state index >= 15 is 0 Å². The Kier molecular flexibility index (Phi) is 4.87. The van der Waals surface area contributed by atoms with Crippen LogP contribution in [-0.2, 0) is 12.7 Å². The largest absolute Gasteiger partial charge is 0.416 e. The van der Waals surface area contributed by atoms with Crippen LogP contribution in [0.4, 0.5) is 18.9 Å². The summed E-state index contributed by atoms with van der Waals surface area (Å²) in [6, 6.07) is 8.59. The van der Waals surface area contributed by atoms with Crippen LogP contribution in [0, 0.1) is 0 Å². The number of fused-ring (bicyclic) bond motifs is 1. The lowest BCUT2D eigenvalue weighted by Gasteiger charge is -2.18. The van der Waals surface area contributed by atoms with Crippen molar-refractivity contribution in [3.63, 3.8) is 0 Å². The van der Waals surface area contributed by atoms with E-state index in [1.165, 1.54) is 12.1 Å². The third kappa shape index (κ3) is 4.02. The maximum atomic E-state index is 12.8. The quantitative estimate of drug-likeness (QED) is 0.433. The van der Waals surface area contributed by atoms with Gasteiger partial charge in [-0.2, -0.15) is 13.2 Å². The molecule has 0 aliphatic carbocycles. The molecule has 9 heteroatoms. The van der Waals surface area contributed by atoms with Crippen molar-refractivity contribution in [2.75, 3.05) is 11.9 Å². The van der Waals surface area contributed by atoms with E-state index in [2.05, 4.69) is 15.0 Å². The van der Waals surface area contributed by atoms with E-state index in [1.54, 1.807) is 24.7 Å². The first kappa shape index (κ1) is 19.2. The lowest BCUT2D eigenvalue weighted by atomic mass is 10.1. The monoisotopic (exact) mass is 417 g/mol. The number of imidazole rings is 1. The maximum absolute atomic E-state index is 12.8. The van der Waals surface area contributed by atoms with Gasteiger partial charge in [-0.25, -0.2) is 9.97 Å². The summed E-state index contributed by atoms with van der Waals surface area (Å²) < 4.78 is 40.2. The van der Waals surface area contributed by atoms with Crippen LogP contribution in [0.2, 0.25) is 5.15 Å². The Labute approximate surface area is 169 Å². The zero-order valence-electron chi connectivity index (χ0n) is 15.2. The van der Waals surface area contributed by atoms with Crippen LogP contribution in [0.3, 0.4) is 0 Å². The molecule has 3 heterocycles. The minimum Gasteiger partial charge on any atom is -0.367 e. The predicted molar refractivity (Wildman–Crippen MR) is 105 cm³/mol. The van der Waals surface area contributed by atoms with Gasteiger partial charge in [0, 0.05) is 18.8 Å². The molecule has 29 heavy (non-hydrogen) atoms. The number of benzene rings is 1. The van der Waals surface area contributed by atoms with Gasteiger partial charge in [-0.05, 0) is 24.3 Å². The summed E-state index contributed by atoms with van der Waals surface area (Å²) in [5.74, 6) is 0. The molecule has 148 valence electrons. The molecule has 0 aliphatic rings. The Morgan fingerprint density at radius 2 is 1.72 bits per heavy atom. The second-order valence-electron chi connectivity index (χ2n) is 6.52. The van der Waals surface area contributed by atoms with Crippen LogP contribution in [-0.4, -0.2) is 26.4 Å². The number of pyridine rings is 1. The SMILES string of the molecule is CN(Cc1cn2c(-c3ccc(C(F)(F)F)cc3)cnc2cn1)c1ccc(Cl)nc1. The molecule has 1 aromatic carbocycles. The van der Waals surface area contributed by atoms with Crippen LogP contribution >= 0.6 is 11.6 Å². The third-order valence-electron chi connectivity index (χ3n) is 4.51. The number of nitrogens with zero attached hydrogens (tertiary/aromatic N) is 5. The molecule has 0 spiro atoms. The lowest BCUT2D eigenvalue weighted by molar-refractivity contribution is -0.137. The van der Waals surface area contributed by atoms with Gasteiger partial charge in [-0.3, -0.25) is 9.38 Å². The number of halogens is 4. The van der Waals surface area contributed by atoms with Gasteiger partial charge in [-0.15, -0.1) is 0 Å². The smallest absolute Gasteiger partial charge is 0.367 e. The van der Waals surface area contributed by atoms with Gasteiger partial charge in [0.05, 0.1) is 47.8 Å². The number of hydrogen-bond acceptors (Lipinski definition) is 4. The molecule has 0 saturated carbocycles. The van der Waals surface area contributed by atoms with E-state index < -0.39 is 11.7 Å². The first-order valence-corrected chi connectivity index (χ1v) is 9.01. The Morgan fingerprint density at radius 1 is 0.966 bits per heavy atom. The molecule has 0 bridgehead atoms. The fraction of sp³-hybridized carbons (Fsp3) is 0.150. The molecule has 4 rings (SSSR count). The normalized spacial score (nSPS) is 11.8. The van der Waals surface area contributed by atoms with Gasteiger partial charge in [0.1, 0.15) is 5.15 Å². The highest BCUT2D eigenvalue weighted by Gasteiger charge is 2.30. The molecule has 0 saturated heterocycles. The van der Waals surface area contributed by atoms with Crippen molar-refractivity contribution in [1.82, 2.24) is 19.4 Å². The fourth-order valence-electron chi connectivity index (χ4n) is 2.98. The minimum atomic E-state index is -4.36. The van der Waals surface area contributed by atoms with Gasteiger partial charge in [-0.1, -0.05) is 23.7 Å². The highest BCUT2D eigenvalue weighted by Crippen LogP contribution is 2.31. The summed E-state index contributed by atoms with van der Waals surface area (Å²) >= 11 is 5.83. The van der Waals surface area contributed by atoms with Gasteiger partial charge in [0.2, 0.25) is 0 Å².